The summed E-state index contributed by atoms with van der Waals surface area (Å²) in [4.78, 5) is 17.2. The summed E-state index contributed by atoms with van der Waals surface area (Å²) in [7, 11) is 0. The highest BCUT2D eigenvalue weighted by molar-refractivity contribution is 6.36. The van der Waals surface area contributed by atoms with Gasteiger partial charge in [-0.1, -0.05) is 59.1 Å². The van der Waals surface area contributed by atoms with Crippen molar-refractivity contribution < 1.29 is 4.79 Å². The van der Waals surface area contributed by atoms with Gasteiger partial charge in [-0.3, -0.25) is 4.79 Å². The smallest absolute Gasteiger partial charge is 0.251 e. The first-order chi connectivity index (χ1) is 14.5. The summed E-state index contributed by atoms with van der Waals surface area (Å²) < 4.78 is 2.11. The number of aryl methyl sites for hydroxylation is 1. The molecule has 152 valence electrons. The van der Waals surface area contributed by atoms with Crippen LogP contribution in [0.3, 0.4) is 0 Å². The van der Waals surface area contributed by atoms with Gasteiger partial charge in [0.1, 0.15) is 5.82 Å². The Kier molecular flexibility index (Phi) is 6.07. The minimum atomic E-state index is -0.0875. The number of halogens is 2. The molecule has 4 aromatic rings. The van der Waals surface area contributed by atoms with Crippen LogP contribution in [-0.2, 0) is 13.0 Å². The summed E-state index contributed by atoms with van der Waals surface area (Å²) in [5, 5.41) is 4.24. The summed E-state index contributed by atoms with van der Waals surface area (Å²) in [5.41, 5.74) is 4.48. The highest BCUT2D eigenvalue weighted by atomic mass is 35.5. The molecule has 4 nitrogen and oxygen atoms in total. The third-order valence-corrected chi connectivity index (χ3v) is 5.73. The SMILES string of the molecule is Cc1cccc(C(=O)NCCc2nc3ccccc3n2Cc2c(Cl)cccc2Cl)c1. The van der Waals surface area contributed by atoms with E-state index in [0.29, 0.717) is 35.1 Å². The molecule has 30 heavy (non-hydrogen) atoms. The second kappa shape index (κ2) is 8.90. The summed E-state index contributed by atoms with van der Waals surface area (Å²) in [6.07, 6.45) is 0.592. The zero-order chi connectivity index (χ0) is 21.1. The van der Waals surface area contributed by atoms with E-state index in [0.717, 1.165) is 28.0 Å². The molecule has 1 N–H and O–H groups in total. The molecule has 0 spiro atoms. The van der Waals surface area contributed by atoms with Crippen molar-refractivity contribution in [1.29, 1.82) is 0 Å². The number of nitrogens with zero attached hydrogens (tertiary/aromatic N) is 2. The van der Waals surface area contributed by atoms with E-state index in [1.54, 1.807) is 0 Å². The largest absolute Gasteiger partial charge is 0.352 e. The Morgan fingerprint density at radius 1 is 1.00 bits per heavy atom. The third-order valence-electron chi connectivity index (χ3n) is 5.03. The molecule has 0 aliphatic rings. The Morgan fingerprint density at radius 3 is 2.50 bits per heavy atom. The Balaban J connectivity index is 1.57. The number of carbonyl (C=O) groups is 1. The molecule has 0 radical (unpaired) electrons. The molecule has 0 bridgehead atoms. The molecule has 3 aromatic carbocycles. The lowest BCUT2D eigenvalue weighted by Crippen LogP contribution is -2.26. The van der Waals surface area contributed by atoms with Gasteiger partial charge < -0.3 is 9.88 Å². The fourth-order valence-corrected chi connectivity index (χ4v) is 4.03. The number of hydrogen-bond donors (Lipinski definition) is 1. The molecule has 0 atom stereocenters. The molecule has 0 fully saturated rings. The van der Waals surface area contributed by atoms with Crippen molar-refractivity contribution in [2.75, 3.05) is 6.54 Å². The lowest BCUT2D eigenvalue weighted by atomic mass is 10.1. The Morgan fingerprint density at radius 2 is 1.73 bits per heavy atom. The fraction of sp³-hybridized carbons (Fsp3) is 0.167. The average molecular weight is 438 g/mol. The second-order valence-electron chi connectivity index (χ2n) is 7.18. The van der Waals surface area contributed by atoms with E-state index >= 15 is 0 Å². The number of benzene rings is 3. The van der Waals surface area contributed by atoms with Crippen LogP contribution in [0.1, 0.15) is 27.3 Å². The lowest BCUT2D eigenvalue weighted by Gasteiger charge is -2.13. The molecule has 1 heterocycles. The molecule has 0 aliphatic heterocycles. The van der Waals surface area contributed by atoms with E-state index < -0.39 is 0 Å². The number of imidazole rings is 1. The van der Waals surface area contributed by atoms with Crippen LogP contribution in [-0.4, -0.2) is 22.0 Å². The molecule has 1 amide bonds. The topological polar surface area (TPSA) is 46.9 Å². The van der Waals surface area contributed by atoms with E-state index in [9.17, 15) is 4.79 Å². The van der Waals surface area contributed by atoms with Gasteiger partial charge in [0.05, 0.1) is 17.6 Å². The van der Waals surface area contributed by atoms with E-state index in [1.165, 1.54) is 0 Å². The summed E-state index contributed by atoms with van der Waals surface area (Å²) in [6.45, 7) is 2.96. The first-order valence-corrected chi connectivity index (χ1v) is 10.5. The van der Waals surface area contributed by atoms with E-state index in [-0.39, 0.29) is 5.91 Å². The summed E-state index contributed by atoms with van der Waals surface area (Å²) >= 11 is 12.8. The van der Waals surface area contributed by atoms with Crippen molar-refractivity contribution in [2.24, 2.45) is 0 Å². The molecule has 0 aliphatic carbocycles. The Labute approximate surface area is 185 Å². The highest BCUT2D eigenvalue weighted by Gasteiger charge is 2.14. The van der Waals surface area contributed by atoms with Crippen LogP contribution in [0, 0.1) is 6.92 Å². The minimum absolute atomic E-state index is 0.0875. The van der Waals surface area contributed by atoms with Crippen molar-refractivity contribution in [2.45, 2.75) is 19.9 Å². The van der Waals surface area contributed by atoms with Crippen molar-refractivity contribution in [3.8, 4) is 0 Å². The number of hydrogen-bond acceptors (Lipinski definition) is 2. The Hall–Kier alpha value is -2.82. The molecule has 4 rings (SSSR count). The first kappa shape index (κ1) is 20.5. The van der Waals surface area contributed by atoms with Crippen LogP contribution in [0.4, 0.5) is 0 Å². The number of rotatable bonds is 6. The summed E-state index contributed by atoms with van der Waals surface area (Å²) in [6, 6.07) is 21.0. The molecule has 0 saturated carbocycles. The Bertz CT molecular complexity index is 1200. The number of fused-ring (bicyclic) bond motifs is 1. The molecular weight excluding hydrogens is 417 g/mol. The van der Waals surface area contributed by atoms with Gasteiger partial charge in [-0.15, -0.1) is 0 Å². The van der Waals surface area contributed by atoms with Crippen LogP contribution in [0.2, 0.25) is 10.0 Å². The molecule has 6 heteroatoms. The van der Waals surface area contributed by atoms with Gasteiger partial charge >= 0.3 is 0 Å². The average Bonchev–Trinajstić information content (AvgIpc) is 3.08. The maximum atomic E-state index is 12.5. The first-order valence-electron chi connectivity index (χ1n) is 9.75. The number of nitrogens with one attached hydrogen (secondary N) is 1. The van der Waals surface area contributed by atoms with Gasteiger partial charge in [-0.25, -0.2) is 4.98 Å². The maximum Gasteiger partial charge on any atom is 0.251 e. The predicted molar refractivity (Wildman–Crippen MR) is 123 cm³/mol. The monoisotopic (exact) mass is 437 g/mol. The zero-order valence-electron chi connectivity index (χ0n) is 16.5. The molecular formula is C24H21Cl2N3O. The molecule has 0 saturated heterocycles. The quantitative estimate of drug-likeness (QED) is 0.422. The van der Waals surface area contributed by atoms with Gasteiger partial charge in [0.25, 0.3) is 5.91 Å². The van der Waals surface area contributed by atoms with E-state index in [2.05, 4.69) is 9.88 Å². The van der Waals surface area contributed by atoms with E-state index in [1.807, 2.05) is 73.7 Å². The zero-order valence-corrected chi connectivity index (χ0v) is 18.0. The van der Waals surface area contributed by atoms with Gasteiger partial charge in [-0.05, 0) is 43.3 Å². The maximum absolute atomic E-state index is 12.5. The minimum Gasteiger partial charge on any atom is -0.352 e. The van der Waals surface area contributed by atoms with Gasteiger partial charge in [-0.2, -0.15) is 0 Å². The number of amides is 1. The summed E-state index contributed by atoms with van der Waals surface area (Å²) in [5.74, 6) is 0.784. The van der Waals surface area contributed by atoms with Crippen molar-refractivity contribution in [3.05, 3.63) is 99.3 Å². The van der Waals surface area contributed by atoms with Crippen molar-refractivity contribution in [3.63, 3.8) is 0 Å². The normalized spacial score (nSPS) is 11.0. The molecule has 0 unspecified atom stereocenters. The van der Waals surface area contributed by atoms with Gasteiger partial charge in [0.2, 0.25) is 0 Å². The third kappa shape index (κ3) is 4.35. The van der Waals surface area contributed by atoms with Crippen LogP contribution in [0.15, 0.2) is 66.7 Å². The van der Waals surface area contributed by atoms with Gasteiger partial charge in [0.15, 0.2) is 0 Å². The lowest BCUT2D eigenvalue weighted by molar-refractivity contribution is 0.0954. The van der Waals surface area contributed by atoms with Gasteiger partial charge in [0, 0.05) is 34.1 Å². The predicted octanol–water partition coefficient (Wildman–Crippen LogP) is 5.67. The fourth-order valence-electron chi connectivity index (χ4n) is 3.51. The molecule has 1 aromatic heterocycles. The van der Waals surface area contributed by atoms with Crippen molar-refractivity contribution in [1.82, 2.24) is 14.9 Å². The number of aromatic nitrogens is 2. The van der Waals surface area contributed by atoms with Crippen LogP contribution < -0.4 is 5.32 Å². The number of para-hydroxylation sites is 2. The second-order valence-corrected chi connectivity index (χ2v) is 7.99. The van der Waals surface area contributed by atoms with Crippen molar-refractivity contribution >= 4 is 40.1 Å². The van der Waals surface area contributed by atoms with Crippen LogP contribution >= 0.6 is 23.2 Å². The van der Waals surface area contributed by atoms with Crippen LogP contribution in [0.5, 0.6) is 0 Å². The number of carbonyl (C=O) groups excluding carboxylic acids is 1. The van der Waals surface area contributed by atoms with E-state index in [4.69, 9.17) is 28.2 Å². The highest BCUT2D eigenvalue weighted by Crippen LogP contribution is 2.27. The standard InChI is InChI=1S/C24H21Cl2N3O/c1-16-6-4-7-17(14-16)24(30)27-13-12-23-28-21-10-2-3-11-22(21)29(23)15-18-19(25)8-5-9-20(18)26/h2-11,14H,12-13,15H2,1H3,(H,27,30). The van der Waals surface area contributed by atoms with Crippen LogP contribution in [0.25, 0.3) is 11.0 Å².